The minimum atomic E-state index is -0.505. The Kier molecular flexibility index (Phi) is 2.01. The predicted octanol–water partition coefficient (Wildman–Crippen LogP) is 0.0432. The van der Waals surface area contributed by atoms with Crippen molar-refractivity contribution in [3.8, 4) is 0 Å². The van der Waals surface area contributed by atoms with E-state index in [1.54, 1.807) is 18.5 Å². The number of aliphatic hydroxyl groups is 1. The molecule has 1 aromatic rings. The van der Waals surface area contributed by atoms with E-state index in [0.29, 0.717) is 13.1 Å². The molecule has 0 bridgehead atoms. The zero-order chi connectivity index (χ0) is 9.31. The SMILES string of the molecule is CC1(O)CN(Cc2ncccn2)C1. The summed E-state index contributed by atoms with van der Waals surface area (Å²) in [4.78, 5) is 10.3. The Labute approximate surface area is 77.2 Å². The average molecular weight is 179 g/mol. The highest BCUT2D eigenvalue weighted by Gasteiger charge is 2.36. The van der Waals surface area contributed by atoms with Gasteiger partial charge in [0.2, 0.25) is 0 Å². The van der Waals surface area contributed by atoms with Gasteiger partial charge in [-0.25, -0.2) is 9.97 Å². The van der Waals surface area contributed by atoms with Gasteiger partial charge >= 0.3 is 0 Å². The Morgan fingerprint density at radius 2 is 2.08 bits per heavy atom. The fourth-order valence-corrected chi connectivity index (χ4v) is 1.64. The van der Waals surface area contributed by atoms with Gasteiger partial charge in [0.05, 0.1) is 12.1 Å². The molecule has 1 saturated heterocycles. The summed E-state index contributed by atoms with van der Waals surface area (Å²) < 4.78 is 0. The fourth-order valence-electron chi connectivity index (χ4n) is 1.64. The lowest BCUT2D eigenvalue weighted by atomic mass is 9.97. The van der Waals surface area contributed by atoms with Crippen LogP contribution in [0.15, 0.2) is 18.5 Å². The summed E-state index contributed by atoms with van der Waals surface area (Å²) in [5.74, 6) is 0.818. The molecule has 0 atom stereocenters. The van der Waals surface area contributed by atoms with Crippen molar-refractivity contribution >= 4 is 0 Å². The minimum absolute atomic E-state index is 0.505. The third-order valence-electron chi connectivity index (χ3n) is 2.11. The average Bonchev–Trinajstić information content (AvgIpc) is 2.03. The molecule has 0 spiro atoms. The first kappa shape index (κ1) is 8.59. The van der Waals surface area contributed by atoms with Crippen molar-refractivity contribution in [3.63, 3.8) is 0 Å². The second-order valence-electron chi connectivity index (χ2n) is 3.81. The molecule has 1 aromatic heterocycles. The summed E-state index contributed by atoms with van der Waals surface area (Å²) in [5, 5.41) is 9.48. The highest BCUT2D eigenvalue weighted by molar-refractivity contribution is 4.96. The monoisotopic (exact) mass is 179 g/mol. The van der Waals surface area contributed by atoms with Gasteiger partial charge in [-0.15, -0.1) is 0 Å². The van der Waals surface area contributed by atoms with Crippen LogP contribution in [0, 0.1) is 0 Å². The summed E-state index contributed by atoms with van der Waals surface area (Å²) in [6, 6.07) is 1.80. The van der Waals surface area contributed by atoms with E-state index in [0.717, 1.165) is 12.4 Å². The van der Waals surface area contributed by atoms with Crippen molar-refractivity contribution < 1.29 is 5.11 Å². The predicted molar refractivity (Wildman–Crippen MR) is 47.9 cm³/mol. The summed E-state index contributed by atoms with van der Waals surface area (Å²) in [5.41, 5.74) is -0.505. The molecule has 2 rings (SSSR count). The number of aromatic nitrogens is 2. The quantitative estimate of drug-likeness (QED) is 0.696. The molecule has 1 aliphatic rings. The van der Waals surface area contributed by atoms with Crippen LogP contribution in [-0.2, 0) is 6.54 Å². The van der Waals surface area contributed by atoms with Crippen LogP contribution < -0.4 is 0 Å². The van der Waals surface area contributed by atoms with Gasteiger partial charge in [-0.05, 0) is 13.0 Å². The second kappa shape index (κ2) is 3.05. The second-order valence-corrected chi connectivity index (χ2v) is 3.81. The first-order valence-electron chi connectivity index (χ1n) is 4.36. The normalized spacial score (nSPS) is 21.1. The number of hydrogen-bond donors (Lipinski definition) is 1. The van der Waals surface area contributed by atoms with Gasteiger partial charge in [0.1, 0.15) is 5.82 Å². The lowest BCUT2D eigenvalue weighted by Crippen LogP contribution is -2.59. The van der Waals surface area contributed by atoms with Crippen LogP contribution in [0.2, 0.25) is 0 Å². The third-order valence-corrected chi connectivity index (χ3v) is 2.11. The van der Waals surface area contributed by atoms with Crippen LogP contribution in [0.4, 0.5) is 0 Å². The van der Waals surface area contributed by atoms with Gasteiger partial charge in [0.15, 0.2) is 0 Å². The lowest BCUT2D eigenvalue weighted by molar-refractivity contribution is -0.0880. The van der Waals surface area contributed by atoms with E-state index in [2.05, 4.69) is 14.9 Å². The third kappa shape index (κ3) is 2.02. The van der Waals surface area contributed by atoms with Crippen molar-refractivity contribution in [1.29, 1.82) is 0 Å². The van der Waals surface area contributed by atoms with Crippen LogP contribution >= 0.6 is 0 Å². The van der Waals surface area contributed by atoms with Crippen molar-refractivity contribution in [3.05, 3.63) is 24.3 Å². The molecule has 2 heterocycles. The van der Waals surface area contributed by atoms with E-state index in [9.17, 15) is 5.11 Å². The van der Waals surface area contributed by atoms with E-state index in [1.807, 2.05) is 6.92 Å². The molecular formula is C9H13N3O. The highest BCUT2D eigenvalue weighted by Crippen LogP contribution is 2.20. The molecule has 0 aliphatic carbocycles. The first-order chi connectivity index (χ1) is 6.16. The van der Waals surface area contributed by atoms with E-state index in [-0.39, 0.29) is 0 Å². The Morgan fingerprint density at radius 3 is 2.62 bits per heavy atom. The molecule has 4 nitrogen and oxygen atoms in total. The minimum Gasteiger partial charge on any atom is -0.388 e. The number of hydrogen-bond acceptors (Lipinski definition) is 4. The Hall–Kier alpha value is -1.00. The first-order valence-corrected chi connectivity index (χ1v) is 4.36. The van der Waals surface area contributed by atoms with E-state index >= 15 is 0 Å². The van der Waals surface area contributed by atoms with Gasteiger partial charge in [0, 0.05) is 25.5 Å². The van der Waals surface area contributed by atoms with E-state index in [4.69, 9.17) is 0 Å². The number of likely N-dealkylation sites (tertiary alicyclic amines) is 1. The Morgan fingerprint density at radius 1 is 1.46 bits per heavy atom. The standard InChI is InChI=1S/C9H13N3O/c1-9(13)6-12(7-9)5-8-10-3-2-4-11-8/h2-4,13H,5-7H2,1H3. The molecule has 13 heavy (non-hydrogen) atoms. The molecule has 1 aliphatic heterocycles. The van der Waals surface area contributed by atoms with Crippen molar-refractivity contribution in [1.82, 2.24) is 14.9 Å². The highest BCUT2D eigenvalue weighted by atomic mass is 16.3. The number of nitrogens with zero attached hydrogens (tertiary/aromatic N) is 3. The fraction of sp³-hybridized carbons (Fsp3) is 0.556. The lowest BCUT2D eigenvalue weighted by Gasteiger charge is -2.43. The molecule has 0 radical (unpaired) electrons. The van der Waals surface area contributed by atoms with Crippen molar-refractivity contribution in [2.24, 2.45) is 0 Å². The van der Waals surface area contributed by atoms with Crippen LogP contribution in [0.25, 0.3) is 0 Å². The maximum atomic E-state index is 9.48. The van der Waals surface area contributed by atoms with Gasteiger partial charge in [-0.3, -0.25) is 4.90 Å². The van der Waals surface area contributed by atoms with Crippen LogP contribution in [0.3, 0.4) is 0 Å². The Bertz CT molecular complexity index is 278. The van der Waals surface area contributed by atoms with Gasteiger partial charge in [-0.1, -0.05) is 0 Å². The summed E-state index contributed by atoms with van der Waals surface area (Å²) >= 11 is 0. The molecule has 0 unspecified atom stereocenters. The zero-order valence-electron chi connectivity index (χ0n) is 7.64. The molecular weight excluding hydrogens is 166 g/mol. The van der Waals surface area contributed by atoms with Crippen molar-refractivity contribution in [2.75, 3.05) is 13.1 Å². The largest absolute Gasteiger partial charge is 0.388 e. The number of β-amino-alcohol motifs (C(OH)–C–C–N with tert-alkyl or cyclic N) is 1. The molecule has 0 saturated carbocycles. The van der Waals surface area contributed by atoms with E-state index < -0.39 is 5.60 Å². The molecule has 1 N–H and O–H groups in total. The topological polar surface area (TPSA) is 49.2 Å². The van der Waals surface area contributed by atoms with Gasteiger partial charge in [-0.2, -0.15) is 0 Å². The molecule has 0 amide bonds. The van der Waals surface area contributed by atoms with Gasteiger partial charge in [0.25, 0.3) is 0 Å². The van der Waals surface area contributed by atoms with E-state index in [1.165, 1.54) is 0 Å². The maximum absolute atomic E-state index is 9.48. The molecule has 0 aromatic carbocycles. The van der Waals surface area contributed by atoms with Gasteiger partial charge < -0.3 is 5.11 Å². The van der Waals surface area contributed by atoms with Crippen LogP contribution in [0.1, 0.15) is 12.7 Å². The summed E-state index contributed by atoms with van der Waals surface area (Å²) in [7, 11) is 0. The molecule has 1 fully saturated rings. The smallest absolute Gasteiger partial charge is 0.142 e. The summed E-state index contributed by atoms with van der Waals surface area (Å²) in [6.07, 6.45) is 3.47. The molecule has 4 heteroatoms. The van der Waals surface area contributed by atoms with Crippen molar-refractivity contribution in [2.45, 2.75) is 19.1 Å². The van der Waals surface area contributed by atoms with Crippen LogP contribution in [0.5, 0.6) is 0 Å². The number of rotatable bonds is 2. The summed E-state index contributed by atoms with van der Waals surface area (Å²) in [6.45, 7) is 4.00. The Balaban J connectivity index is 1.88. The van der Waals surface area contributed by atoms with Crippen LogP contribution in [-0.4, -0.2) is 38.7 Å². The zero-order valence-corrected chi connectivity index (χ0v) is 7.64. The maximum Gasteiger partial charge on any atom is 0.142 e. The molecule has 70 valence electrons.